The molecule has 0 fully saturated rings. The fourth-order valence-electron chi connectivity index (χ4n) is 2.25. The Bertz CT molecular complexity index is 564. The summed E-state index contributed by atoms with van der Waals surface area (Å²) in [4.78, 5) is 0. The Labute approximate surface area is 123 Å². The first-order chi connectivity index (χ1) is 9.58. The molecule has 0 aliphatic carbocycles. The van der Waals surface area contributed by atoms with Crippen LogP contribution in [0.3, 0.4) is 0 Å². The van der Waals surface area contributed by atoms with Crippen molar-refractivity contribution in [1.29, 1.82) is 0 Å². The zero-order valence-corrected chi connectivity index (χ0v) is 12.1. The number of aryl methyl sites for hydroxylation is 1. The van der Waals surface area contributed by atoms with Crippen molar-refractivity contribution >= 4 is 11.6 Å². The van der Waals surface area contributed by atoms with Gasteiger partial charge in [-0.2, -0.15) is 0 Å². The average Bonchev–Trinajstić information content (AvgIpc) is 2.44. The monoisotopic (exact) mass is 294 g/mol. The van der Waals surface area contributed by atoms with Crippen LogP contribution in [0.4, 0.5) is 8.78 Å². The molecule has 106 valence electrons. The summed E-state index contributed by atoms with van der Waals surface area (Å²) >= 11 is 5.97. The average molecular weight is 295 g/mol. The molecule has 0 N–H and O–H groups in total. The van der Waals surface area contributed by atoms with Crippen LogP contribution in [0, 0.1) is 24.5 Å². The van der Waals surface area contributed by atoms with Crippen molar-refractivity contribution in [1.82, 2.24) is 0 Å². The van der Waals surface area contributed by atoms with E-state index < -0.39 is 5.82 Å². The largest absolute Gasteiger partial charge is 0.207 e. The third-order valence-electron chi connectivity index (χ3n) is 3.38. The van der Waals surface area contributed by atoms with Gasteiger partial charge in [-0.1, -0.05) is 29.8 Å². The van der Waals surface area contributed by atoms with E-state index in [1.54, 1.807) is 0 Å². The highest BCUT2D eigenvalue weighted by molar-refractivity contribution is 6.18. The van der Waals surface area contributed by atoms with Crippen molar-refractivity contribution in [2.45, 2.75) is 19.8 Å². The summed E-state index contributed by atoms with van der Waals surface area (Å²) in [6.07, 6.45) is 1.21. The second-order valence-electron chi connectivity index (χ2n) is 5.15. The van der Waals surface area contributed by atoms with E-state index in [2.05, 4.69) is 12.1 Å². The molecule has 2 aromatic carbocycles. The van der Waals surface area contributed by atoms with Crippen LogP contribution in [0.5, 0.6) is 0 Å². The molecular formula is C17H17ClF2. The first kappa shape index (κ1) is 15.0. The SMILES string of the molecule is Cc1ccc(CC(CCl)Cc2cc(F)ccc2F)cc1. The second kappa shape index (κ2) is 6.85. The van der Waals surface area contributed by atoms with Crippen LogP contribution in [-0.2, 0) is 12.8 Å². The zero-order chi connectivity index (χ0) is 14.5. The van der Waals surface area contributed by atoms with E-state index in [0.717, 1.165) is 18.1 Å². The molecule has 20 heavy (non-hydrogen) atoms. The van der Waals surface area contributed by atoms with Crippen molar-refractivity contribution in [2.24, 2.45) is 5.92 Å². The van der Waals surface area contributed by atoms with Crippen molar-refractivity contribution in [3.8, 4) is 0 Å². The summed E-state index contributed by atoms with van der Waals surface area (Å²) in [7, 11) is 0. The number of hydrogen-bond donors (Lipinski definition) is 0. The van der Waals surface area contributed by atoms with Crippen LogP contribution in [-0.4, -0.2) is 5.88 Å². The van der Waals surface area contributed by atoms with E-state index in [-0.39, 0.29) is 11.7 Å². The van der Waals surface area contributed by atoms with Gasteiger partial charge in [-0.15, -0.1) is 11.6 Å². The molecule has 0 nitrogen and oxygen atoms in total. The maximum atomic E-state index is 13.6. The quantitative estimate of drug-likeness (QED) is 0.687. The molecule has 0 aromatic heterocycles. The molecule has 0 amide bonds. The fraction of sp³-hybridized carbons (Fsp3) is 0.294. The lowest BCUT2D eigenvalue weighted by molar-refractivity contribution is 0.536. The predicted molar refractivity (Wildman–Crippen MR) is 79.2 cm³/mol. The first-order valence-corrected chi connectivity index (χ1v) is 7.17. The minimum Gasteiger partial charge on any atom is -0.207 e. The van der Waals surface area contributed by atoms with E-state index in [1.807, 2.05) is 19.1 Å². The fourth-order valence-corrected chi connectivity index (χ4v) is 2.47. The van der Waals surface area contributed by atoms with Crippen LogP contribution >= 0.6 is 11.6 Å². The second-order valence-corrected chi connectivity index (χ2v) is 5.46. The normalized spacial score (nSPS) is 12.4. The minimum absolute atomic E-state index is 0.0932. The Kier molecular flexibility index (Phi) is 5.13. The maximum Gasteiger partial charge on any atom is 0.126 e. The van der Waals surface area contributed by atoms with Gasteiger partial charge in [0.25, 0.3) is 0 Å². The third kappa shape index (κ3) is 4.04. The molecule has 0 bridgehead atoms. The summed E-state index contributed by atoms with van der Waals surface area (Å²) in [6.45, 7) is 2.03. The van der Waals surface area contributed by atoms with E-state index in [0.29, 0.717) is 17.9 Å². The molecule has 0 radical (unpaired) electrons. The molecule has 3 heteroatoms. The topological polar surface area (TPSA) is 0 Å². The van der Waals surface area contributed by atoms with Crippen LogP contribution in [0.1, 0.15) is 16.7 Å². The summed E-state index contributed by atoms with van der Waals surface area (Å²) < 4.78 is 26.8. The zero-order valence-electron chi connectivity index (χ0n) is 11.4. The van der Waals surface area contributed by atoms with Gasteiger partial charge in [-0.25, -0.2) is 8.78 Å². The molecule has 0 aliphatic rings. The molecule has 0 saturated heterocycles. The molecule has 0 spiro atoms. The van der Waals surface area contributed by atoms with Crippen molar-refractivity contribution in [3.63, 3.8) is 0 Å². The Morgan fingerprint density at radius 3 is 2.35 bits per heavy atom. The van der Waals surface area contributed by atoms with Crippen LogP contribution in [0.25, 0.3) is 0 Å². The molecule has 1 atom stereocenters. The molecule has 2 aromatic rings. The molecule has 0 aliphatic heterocycles. The van der Waals surface area contributed by atoms with Gasteiger partial charge in [-0.05, 0) is 55.0 Å². The summed E-state index contributed by atoms with van der Waals surface area (Å²) in [5.41, 5.74) is 2.76. The maximum absolute atomic E-state index is 13.6. The lowest BCUT2D eigenvalue weighted by atomic mass is 9.93. The minimum atomic E-state index is -0.412. The number of rotatable bonds is 5. The molecule has 0 heterocycles. The Hall–Kier alpha value is -1.41. The smallest absolute Gasteiger partial charge is 0.126 e. The summed E-state index contributed by atoms with van der Waals surface area (Å²) in [5.74, 6) is -0.268. The third-order valence-corrected chi connectivity index (χ3v) is 3.82. The number of halogens is 3. The lowest BCUT2D eigenvalue weighted by Gasteiger charge is -2.15. The number of hydrogen-bond acceptors (Lipinski definition) is 0. The number of benzene rings is 2. The Morgan fingerprint density at radius 2 is 1.70 bits per heavy atom. The van der Waals surface area contributed by atoms with Gasteiger partial charge in [0.15, 0.2) is 0 Å². The van der Waals surface area contributed by atoms with Crippen LogP contribution < -0.4 is 0 Å². The van der Waals surface area contributed by atoms with E-state index in [4.69, 9.17) is 11.6 Å². The molecular weight excluding hydrogens is 278 g/mol. The van der Waals surface area contributed by atoms with Gasteiger partial charge in [0, 0.05) is 5.88 Å². The molecule has 0 saturated carbocycles. The Balaban J connectivity index is 2.08. The first-order valence-electron chi connectivity index (χ1n) is 6.64. The Morgan fingerprint density at radius 1 is 1.00 bits per heavy atom. The summed E-state index contributed by atoms with van der Waals surface area (Å²) in [6, 6.07) is 11.8. The van der Waals surface area contributed by atoms with Crippen LogP contribution in [0.15, 0.2) is 42.5 Å². The van der Waals surface area contributed by atoms with Gasteiger partial charge < -0.3 is 0 Å². The van der Waals surface area contributed by atoms with Crippen molar-refractivity contribution < 1.29 is 8.78 Å². The highest BCUT2D eigenvalue weighted by atomic mass is 35.5. The van der Waals surface area contributed by atoms with Gasteiger partial charge in [-0.3, -0.25) is 0 Å². The van der Waals surface area contributed by atoms with Gasteiger partial charge >= 0.3 is 0 Å². The standard InChI is InChI=1S/C17H17ClF2/c1-12-2-4-13(5-3-12)8-14(11-18)9-15-10-16(19)6-7-17(15)20/h2-7,10,14H,8-9,11H2,1H3. The van der Waals surface area contributed by atoms with E-state index in [1.165, 1.54) is 17.7 Å². The van der Waals surface area contributed by atoms with E-state index in [9.17, 15) is 8.78 Å². The van der Waals surface area contributed by atoms with E-state index >= 15 is 0 Å². The van der Waals surface area contributed by atoms with Crippen molar-refractivity contribution in [2.75, 3.05) is 5.88 Å². The van der Waals surface area contributed by atoms with Crippen molar-refractivity contribution in [3.05, 3.63) is 70.8 Å². The van der Waals surface area contributed by atoms with Gasteiger partial charge in [0.1, 0.15) is 11.6 Å². The summed E-state index contributed by atoms with van der Waals surface area (Å²) in [5, 5.41) is 0. The highest BCUT2D eigenvalue weighted by Crippen LogP contribution is 2.19. The molecule has 2 rings (SSSR count). The predicted octanol–water partition coefficient (Wildman–Crippen LogP) is 4.91. The van der Waals surface area contributed by atoms with Crippen LogP contribution in [0.2, 0.25) is 0 Å². The van der Waals surface area contributed by atoms with Gasteiger partial charge in [0.05, 0.1) is 0 Å². The van der Waals surface area contributed by atoms with Gasteiger partial charge in [0.2, 0.25) is 0 Å². The molecule has 1 unspecified atom stereocenters. The lowest BCUT2D eigenvalue weighted by Crippen LogP contribution is -2.11. The number of alkyl halides is 1. The highest BCUT2D eigenvalue weighted by Gasteiger charge is 2.13.